The van der Waals surface area contributed by atoms with Crippen molar-refractivity contribution in [1.29, 1.82) is 0 Å². The zero-order valence-electron chi connectivity index (χ0n) is 14.1. The Labute approximate surface area is 142 Å². The molecule has 1 saturated carbocycles. The second-order valence-corrected chi connectivity index (χ2v) is 6.45. The first-order chi connectivity index (χ1) is 11.7. The summed E-state index contributed by atoms with van der Waals surface area (Å²) in [6.45, 7) is 2.75. The third-order valence-corrected chi connectivity index (χ3v) is 4.55. The molecule has 0 spiro atoms. The van der Waals surface area contributed by atoms with Gasteiger partial charge in [-0.2, -0.15) is 0 Å². The Morgan fingerprint density at radius 2 is 2.08 bits per heavy atom. The van der Waals surface area contributed by atoms with Crippen LogP contribution in [0.15, 0.2) is 18.2 Å². The maximum atomic E-state index is 12.2. The number of urea groups is 1. The van der Waals surface area contributed by atoms with E-state index in [-0.39, 0.29) is 24.6 Å². The van der Waals surface area contributed by atoms with Gasteiger partial charge in [0.15, 0.2) is 6.61 Å². The topological polar surface area (TPSA) is 70.7 Å². The van der Waals surface area contributed by atoms with Crippen molar-refractivity contribution < 1.29 is 14.3 Å². The number of fused-ring (bicyclic) bond motifs is 1. The Hall–Kier alpha value is -2.24. The van der Waals surface area contributed by atoms with Gasteiger partial charge < -0.3 is 20.3 Å². The minimum absolute atomic E-state index is 0.0480. The second kappa shape index (κ2) is 7.55. The van der Waals surface area contributed by atoms with E-state index < -0.39 is 0 Å². The lowest BCUT2D eigenvalue weighted by atomic mass is 9.96. The molecule has 6 nitrogen and oxygen atoms in total. The minimum atomic E-state index is -0.188. The van der Waals surface area contributed by atoms with Gasteiger partial charge >= 0.3 is 6.03 Å². The highest BCUT2D eigenvalue weighted by atomic mass is 16.5. The summed E-state index contributed by atoms with van der Waals surface area (Å²) < 4.78 is 5.47. The zero-order chi connectivity index (χ0) is 16.9. The zero-order valence-corrected chi connectivity index (χ0v) is 14.1. The smallest absolute Gasteiger partial charge is 0.319 e. The fourth-order valence-electron chi connectivity index (χ4n) is 3.35. The Kier molecular flexibility index (Phi) is 5.23. The number of hydrogen-bond acceptors (Lipinski definition) is 3. The molecule has 1 aliphatic carbocycles. The molecule has 0 bridgehead atoms. The number of carbonyl (C=O) groups is 2. The van der Waals surface area contributed by atoms with E-state index in [2.05, 4.69) is 10.6 Å². The highest BCUT2D eigenvalue weighted by molar-refractivity contribution is 5.99. The molecule has 130 valence electrons. The summed E-state index contributed by atoms with van der Waals surface area (Å²) in [4.78, 5) is 26.0. The maximum absolute atomic E-state index is 12.2. The van der Waals surface area contributed by atoms with E-state index in [1.54, 1.807) is 17.0 Å². The van der Waals surface area contributed by atoms with Crippen molar-refractivity contribution >= 4 is 23.3 Å². The van der Waals surface area contributed by atoms with Crippen LogP contribution in [0.2, 0.25) is 0 Å². The number of ether oxygens (including phenoxy) is 1. The molecule has 1 fully saturated rings. The first-order valence-corrected chi connectivity index (χ1v) is 8.82. The molecule has 3 rings (SSSR count). The van der Waals surface area contributed by atoms with Crippen LogP contribution >= 0.6 is 0 Å². The van der Waals surface area contributed by atoms with Crippen molar-refractivity contribution in [2.75, 3.05) is 23.4 Å². The Bertz CT molecular complexity index is 612. The molecule has 3 amide bonds. The number of rotatable bonds is 4. The van der Waals surface area contributed by atoms with Crippen LogP contribution in [-0.2, 0) is 4.79 Å². The van der Waals surface area contributed by atoms with Gasteiger partial charge in [0.25, 0.3) is 5.91 Å². The van der Waals surface area contributed by atoms with E-state index in [0.29, 0.717) is 18.0 Å². The van der Waals surface area contributed by atoms with Crippen molar-refractivity contribution in [2.45, 2.75) is 51.5 Å². The molecule has 1 aromatic carbocycles. The van der Waals surface area contributed by atoms with Gasteiger partial charge in [-0.1, -0.05) is 26.2 Å². The van der Waals surface area contributed by atoms with Crippen molar-refractivity contribution in [3.63, 3.8) is 0 Å². The minimum Gasteiger partial charge on any atom is -0.482 e. The van der Waals surface area contributed by atoms with E-state index in [4.69, 9.17) is 4.74 Å². The van der Waals surface area contributed by atoms with Gasteiger partial charge in [0, 0.05) is 18.3 Å². The number of carbonyl (C=O) groups excluding carboxylic acids is 2. The molecule has 2 aliphatic rings. The monoisotopic (exact) mass is 331 g/mol. The summed E-state index contributed by atoms with van der Waals surface area (Å²) in [5.74, 6) is 0.634. The average Bonchev–Trinajstić information content (AvgIpc) is 2.58. The largest absolute Gasteiger partial charge is 0.482 e. The molecule has 2 N–H and O–H groups in total. The van der Waals surface area contributed by atoms with Gasteiger partial charge in [-0.3, -0.25) is 4.79 Å². The van der Waals surface area contributed by atoms with Gasteiger partial charge in [-0.25, -0.2) is 4.79 Å². The molecule has 6 heteroatoms. The number of benzene rings is 1. The van der Waals surface area contributed by atoms with Gasteiger partial charge in [-0.15, -0.1) is 0 Å². The van der Waals surface area contributed by atoms with Crippen molar-refractivity contribution in [1.82, 2.24) is 5.32 Å². The summed E-state index contributed by atoms with van der Waals surface area (Å²) in [5, 5.41) is 5.90. The van der Waals surface area contributed by atoms with Gasteiger partial charge in [-0.05, 0) is 37.5 Å². The van der Waals surface area contributed by atoms with E-state index in [9.17, 15) is 9.59 Å². The summed E-state index contributed by atoms with van der Waals surface area (Å²) in [6, 6.07) is 5.49. The van der Waals surface area contributed by atoms with E-state index >= 15 is 0 Å². The molecule has 0 saturated heterocycles. The highest BCUT2D eigenvalue weighted by Gasteiger charge is 2.25. The van der Waals surface area contributed by atoms with Crippen LogP contribution < -0.4 is 20.3 Å². The average molecular weight is 331 g/mol. The van der Waals surface area contributed by atoms with Crippen LogP contribution in [-0.4, -0.2) is 31.1 Å². The Balaban J connectivity index is 1.68. The SMILES string of the molecule is CCCN1C(=O)COc2ccc(NC(=O)NC3CCCCC3)cc21. The molecule has 0 aromatic heterocycles. The molecule has 1 aliphatic heterocycles. The standard InChI is InChI=1S/C18H25N3O3/c1-2-10-21-15-11-14(8-9-16(15)24-12-17(21)22)20-18(23)19-13-6-4-3-5-7-13/h8-9,11,13H,2-7,10,12H2,1H3,(H2,19,20,23). The summed E-state index contributed by atoms with van der Waals surface area (Å²) >= 11 is 0. The van der Waals surface area contributed by atoms with Gasteiger partial charge in [0.2, 0.25) is 0 Å². The predicted octanol–water partition coefficient (Wildman–Crippen LogP) is 3.28. The van der Waals surface area contributed by atoms with E-state index in [1.807, 2.05) is 13.0 Å². The molecule has 1 heterocycles. The molecular formula is C18H25N3O3. The van der Waals surface area contributed by atoms with Crippen LogP contribution in [0, 0.1) is 0 Å². The fraction of sp³-hybridized carbons (Fsp3) is 0.556. The lowest BCUT2D eigenvalue weighted by Gasteiger charge is -2.29. The summed E-state index contributed by atoms with van der Waals surface area (Å²) in [5.41, 5.74) is 1.39. The number of nitrogens with one attached hydrogen (secondary N) is 2. The normalized spacial score (nSPS) is 17.9. The van der Waals surface area contributed by atoms with Gasteiger partial charge in [0.1, 0.15) is 5.75 Å². The first kappa shape index (κ1) is 16.6. The maximum Gasteiger partial charge on any atom is 0.319 e. The number of anilines is 2. The molecule has 0 radical (unpaired) electrons. The van der Waals surface area contributed by atoms with Crippen LogP contribution in [0.3, 0.4) is 0 Å². The fourth-order valence-corrected chi connectivity index (χ4v) is 3.35. The quantitative estimate of drug-likeness (QED) is 0.889. The molecule has 24 heavy (non-hydrogen) atoms. The number of amides is 3. The molecular weight excluding hydrogens is 306 g/mol. The highest BCUT2D eigenvalue weighted by Crippen LogP contribution is 2.34. The Morgan fingerprint density at radius 3 is 2.83 bits per heavy atom. The summed E-state index contributed by atoms with van der Waals surface area (Å²) in [7, 11) is 0. The first-order valence-electron chi connectivity index (χ1n) is 8.82. The van der Waals surface area contributed by atoms with E-state index in [0.717, 1.165) is 24.9 Å². The lowest BCUT2D eigenvalue weighted by molar-refractivity contribution is -0.121. The third kappa shape index (κ3) is 3.80. The number of hydrogen-bond donors (Lipinski definition) is 2. The Morgan fingerprint density at radius 1 is 1.29 bits per heavy atom. The molecule has 1 aromatic rings. The van der Waals surface area contributed by atoms with Crippen LogP contribution in [0.1, 0.15) is 45.4 Å². The van der Waals surface area contributed by atoms with Crippen LogP contribution in [0.25, 0.3) is 0 Å². The van der Waals surface area contributed by atoms with Crippen LogP contribution in [0.4, 0.5) is 16.2 Å². The van der Waals surface area contributed by atoms with Crippen molar-refractivity contribution in [3.05, 3.63) is 18.2 Å². The summed E-state index contributed by atoms with van der Waals surface area (Å²) in [6.07, 6.45) is 6.57. The van der Waals surface area contributed by atoms with Crippen LogP contribution in [0.5, 0.6) is 5.75 Å². The van der Waals surface area contributed by atoms with Crippen molar-refractivity contribution in [2.24, 2.45) is 0 Å². The third-order valence-electron chi connectivity index (χ3n) is 4.55. The molecule has 0 unspecified atom stereocenters. The lowest BCUT2D eigenvalue weighted by Crippen LogP contribution is -2.40. The number of nitrogens with zero attached hydrogens (tertiary/aromatic N) is 1. The molecule has 0 atom stereocenters. The van der Waals surface area contributed by atoms with Crippen molar-refractivity contribution in [3.8, 4) is 5.75 Å². The van der Waals surface area contributed by atoms with E-state index in [1.165, 1.54) is 19.3 Å². The predicted molar refractivity (Wildman–Crippen MR) is 93.6 cm³/mol. The van der Waals surface area contributed by atoms with Gasteiger partial charge in [0.05, 0.1) is 5.69 Å². The second-order valence-electron chi connectivity index (χ2n) is 6.45.